The zero-order chi connectivity index (χ0) is 10.6. The van der Waals surface area contributed by atoms with E-state index in [-0.39, 0.29) is 0 Å². The number of hydrogen-bond donors (Lipinski definition) is 2. The topological polar surface area (TPSA) is 40.5 Å². The highest BCUT2D eigenvalue weighted by Crippen LogP contribution is 2.18. The molecule has 0 unspecified atom stereocenters. The first kappa shape index (κ1) is 13.9. The number of unbranched alkanes of at least 4 members (excludes halogenated alkanes) is 3. The first-order valence-corrected chi connectivity index (χ1v) is 6.06. The Bertz CT molecular complexity index is 104. The molecule has 0 aliphatic rings. The summed E-state index contributed by atoms with van der Waals surface area (Å²) in [7, 11) is 0. The molecule has 0 saturated carbocycles. The molecule has 0 aromatic carbocycles. The van der Waals surface area contributed by atoms with Gasteiger partial charge < -0.3 is 10.2 Å². The van der Waals surface area contributed by atoms with E-state index in [4.69, 9.17) is 10.2 Å². The van der Waals surface area contributed by atoms with Gasteiger partial charge in [0.2, 0.25) is 0 Å². The normalized spacial score (nSPS) is 13.1. The van der Waals surface area contributed by atoms with Crippen LogP contribution in [-0.4, -0.2) is 23.4 Å². The summed E-state index contributed by atoms with van der Waals surface area (Å²) in [5.74, 6) is 0.802. The van der Waals surface area contributed by atoms with Gasteiger partial charge in [-0.3, -0.25) is 0 Å². The number of rotatable bonds is 10. The van der Waals surface area contributed by atoms with Crippen LogP contribution in [0.15, 0.2) is 0 Å². The molecule has 0 bridgehead atoms. The second kappa shape index (κ2) is 11.0. The Morgan fingerprint density at radius 2 is 1.36 bits per heavy atom. The summed E-state index contributed by atoms with van der Waals surface area (Å²) in [6.45, 7) is 2.90. The van der Waals surface area contributed by atoms with Gasteiger partial charge in [-0.05, 0) is 25.2 Å². The third kappa shape index (κ3) is 8.52. The van der Waals surface area contributed by atoms with Crippen molar-refractivity contribution in [2.24, 2.45) is 5.92 Å². The Kier molecular flexibility index (Phi) is 10.9. The van der Waals surface area contributed by atoms with Crippen molar-refractivity contribution in [3.05, 3.63) is 0 Å². The van der Waals surface area contributed by atoms with Gasteiger partial charge in [0.05, 0.1) is 0 Å². The van der Waals surface area contributed by atoms with Crippen LogP contribution in [0.25, 0.3) is 0 Å². The van der Waals surface area contributed by atoms with E-state index >= 15 is 0 Å². The lowest BCUT2D eigenvalue weighted by Gasteiger charge is -2.13. The van der Waals surface area contributed by atoms with E-state index in [0.717, 1.165) is 25.2 Å². The summed E-state index contributed by atoms with van der Waals surface area (Å²) in [4.78, 5) is 0. The minimum absolute atomic E-state index is 0.334. The van der Waals surface area contributed by atoms with Crippen LogP contribution in [0.4, 0.5) is 0 Å². The fourth-order valence-electron chi connectivity index (χ4n) is 1.83. The van der Waals surface area contributed by atoms with Crippen molar-refractivity contribution >= 4 is 0 Å². The van der Waals surface area contributed by atoms with Crippen molar-refractivity contribution in [2.75, 3.05) is 13.2 Å². The van der Waals surface area contributed by atoms with E-state index in [0.29, 0.717) is 13.2 Å². The van der Waals surface area contributed by atoms with Crippen LogP contribution in [0.5, 0.6) is 0 Å². The highest BCUT2D eigenvalue weighted by Gasteiger charge is 2.04. The smallest absolute Gasteiger partial charge is 0.0431 e. The summed E-state index contributed by atoms with van der Waals surface area (Å²) in [6, 6.07) is 0. The molecule has 86 valence electrons. The standard InChI is InChI=1S/C12H26O2/c1-2-12(9-7-11-14)8-5-3-4-6-10-13/h12-14H,2-11H2,1H3/t12-/m1/s1. The Morgan fingerprint density at radius 1 is 0.786 bits per heavy atom. The monoisotopic (exact) mass is 202 g/mol. The molecule has 0 spiro atoms. The minimum atomic E-state index is 0.334. The summed E-state index contributed by atoms with van der Waals surface area (Å²) < 4.78 is 0. The van der Waals surface area contributed by atoms with E-state index in [1.165, 1.54) is 32.1 Å². The van der Waals surface area contributed by atoms with Gasteiger partial charge in [0.15, 0.2) is 0 Å². The lowest BCUT2D eigenvalue weighted by atomic mass is 9.94. The van der Waals surface area contributed by atoms with Crippen molar-refractivity contribution in [3.63, 3.8) is 0 Å². The molecule has 0 aromatic heterocycles. The fourth-order valence-corrected chi connectivity index (χ4v) is 1.83. The molecule has 14 heavy (non-hydrogen) atoms. The average molecular weight is 202 g/mol. The van der Waals surface area contributed by atoms with E-state index in [1.807, 2.05) is 0 Å². The first-order chi connectivity index (χ1) is 6.85. The third-order valence-corrected chi connectivity index (χ3v) is 2.87. The molecule has 0 saturated heterocycles. The SMILES string of the molecule is CC[C@@H](CCCO)CCCCCCO. The van der Waals surface area contributed by atoms with Crippen LogP contribution < -0.4 is 0 Å². The van der Waals surface area contributed by atoms with Crippen LogP contribution in [0.3, 0.4) is 0 Å². The van der Waals surface area contributed by atoms with Crippen molar-refractivity contribution < 1.29 is 10.2 Å². The molecule has 0 rings (SSSR count). The second-order valence-corrected chi connectivity index (χ2v) is 4.07. The van der Waals surface area contributed by atoms with Gasteiger partial charge in [0, 0.05) is 13.2 Å². The quantitative estimate of drug-likeness (QED) is 0.535. The molecular weight excluding hydrogens is 176 g/mol. The first-order valence-electron chi connectivity index (χ1n) is 6.06. The summed E-state index contributed by atoms with van der Waals surface area (Å²) in [6.07, 6.45) is 9.30. The maximum absolute atomic E-state index is 8.72. The van der Waals surface area contributed by atoms with E-state index < -0.39 is 0 Å². The predicted octanol–water partition coefficient (Wildman–Crippen LogP) is 2.73. The molecular formula is C12H26O2. The summed E-state index contributed by atoms with van der Waals surface area (Å²) >= 11 is 0. The Balaban J connectivity index is 3.24. The lowest BCUT2D eigenvalue weighted by molar-refractivity contribution is 0.263. The average Bonchev–Trinajstić information content (AvgIpc) is 2.22. The van der Waals surface area contributed by atoms with Crippen LogP contribution >= 0.6 is 0 Å². The highest BCUT2D eigenvalue weighted by atomic mass is 16.3. The van der Waals surface area contributed by atoms with Gasteiger partial charge in [0.1, 0.15) is 0 Å². The highest BCUT2D eigenvalue weighted by molar-refractivity contribution is 4.58. The molecule has 0 radical (unpaired) electrons. The van der Waals surface area contributed by atoms with Crippen molar-refractivity contribution in [1.29, 1.82) is 0 Å². The molecule has 0 heterocycles. The largest absolute Gasteiger partial charge is 0.396 e. The third-order valence-electron chi connectivity index (χ3n) is 2.87. The van der Waals surface area contributed by atoms with Gasteiger partial charge >= 0.3 is 0 Å². The fraction of sp³-hybridized carbons (Fsp3) is 1.00. The van der Waals surface area contributed by atoms with Crippen molar-refractivity contribution in [1.82, 2.24) is 0 Å². The van der Waals surface area contributed by atoms with Crippen LogP contribution in [0.2, 0.25) is 0 Å². The van der Waals surface area contributed by atoms with Gasteiger partial charge in [-0.2, -0.15) is 0 Å². The summed E-state index contributed by atoms with van der Waals surface area (Å²) in [5, 5.41) is 17.3. The molecule has 0 aromatic rings. The maximum atomic E-state index is 8.72. The van der Waals surface area contributed by atoms with Crippen LogP contribution in [-0.2, 0) is 0 Å². The summed E-state index contributed by atoms with van der Waals surface area (Å²) in [5.41, 5.74) is 0. The molecule has 0 amide bonds. The van der Waals surface area contributed by atoms with Gasteiger partial charge in [0.25, 0.3) is 0 Å². The van der Waals surface area contributed by atoms with E-state index in [9.17, 15) is 0 Å². The van der Waals surface area contributed by atoms with E-state index in [2.05, 4.69) is 6.92 Å². The van der Waals surface area contributed by atoms with Crippen molar-refractivity contribution in [3.8, 4) is 0 Å². The molecule has 0 aliphatic heterocycles. The molecule has 2 nitrogen and oxygen atoms in total. The molecule has 0 aliphatic carbocycles. The zero-order valence-corrected chi connectivity index (χ0v) is 9.54. The molecule has 2 heteroatoms. The zero-order valence-electron chi connectivity index (χ0n) is 9.54. The molecule has 2 N–H and O–H groups in total. The number of hydrogen-bond acceptors (Lipinski definition) is 2. The van der Waals surface area contributed by atoms with Crippen molar-refractivity contribution in [2.45, 2.75) is 58.3 Å². The van der Waals surface area contributed by atoms with Gasteiger partial charge in [-0.25, -0.2) is 0 Å². The second-order valence-electron chi connectivity index (χ2n) is 4.07. The van der Waals surface area contributed by atoms with Gasteiger partial charge in [-0.1, -0.05) is 39.0 Å². The lowest BCUT2D eigenvalue weighted by Crippen LogP contribution is -2.00. The number of aliphatic hydroxyl groups excluding tert-OH is 2. The predicted molar refractivity (Wildman–Crippen MR) is 60.3 cm³/mol. The Labute approximate surface area is 88.3 Å². The molecule has 1 atom stereocenters. The molecule has 0 fully saturated rings. The van der Waals surface area contributed by atoms with Crippen LogP contribution in [0, 0.1) is 5.92 Å². The maximum Gasteiger partial charge on any atom is 0.0431 e. The Hall–Kier alpha value is -0.0800. The Morgan fingerprint density at radius 3 is 1.93 bits per heavy atom. The van der Waals surface area contributed by atoms with Crippen LogP contribution in [0.1, 0.15) is 58.3 Å². The number of aliphatic hydroxyl groups is 2. The van der Waals surface area contributed by atoms with E-state index in [1.54, 1.807) is 0 Å². The van der Waals surface area contributed by atoms with Gasteiger partial charge in [-0.15, -0.1) is 0 Å². The minimum Gasteiger partial charge on any atom is -0.396 e.